The van der Waals surface area contributed by atoms with E-state index >= 15 is 0 Å². The van der Waals surface area contributed by atoms with Crippen LogP contribution in [0.15, 0.2) is 0 Å². The third-order valence-corrected chi connectivity index (χ3v) is 2.79. The Balaban J connectivity index is 2.72. The topological polar surface area (TPSA) is 84.9 Å². The summed E-state index contributed by atoms with van der Waals surface area (Å²) in [6.45, 7) is 8.09. The minimum Gasteiger partial charge on any atom is -0.466 e. The number of amides is 2. The molecule has 0 aromatic carbocycles. The minimum absolute atomic E-state index is 0.162. The van der Waals surface area contributed by atoms with E-state index in [-0.39, 0.29) is 12.3 Å². The van der Waals surface area contributed by atoms with Crippen LogP contribution in [0.1, 0.15) is 40.5 Å². The monoisotopic (exact) mass is 300 g/mol. The molecule has 0 aromatic rings. The van der Waals surface area contributed by atoms with Gasteiger partial charge in [-0.1, -0.05) is 6.92 Å². The summed E-state index contributed by atoms with van der Waals surface area (Å²) in [6.07, 6.45) is -0.0469. The highest BCUT2D eigenvalue weighted by atomic mass is 16.6. The summed E-state index contributed by atoms with van der Waals surface area (Å²) in [5.74, 6) is -0.854. The van der Waals surface area contributed by atoms with Crippen LogP contribution in [0, 0.1) is 0 Å². The lowest BCUT2D eigenvalue weighted by Gasteiger charge is -2.35. The molecule has 1 heterocycles. The minimum atomic E-state index is -0.877. The number of nitrogens with zero attached hydrogens (tertiary/aromatic N) is 1. The average molecular weight is 300 g/mol. The Labute approximate surface area is 124 Å². The zero-order valence-electron chi connectivity index (χ0n) is 13.1. The molecule has 2 amide bonds. The molecule has 120 valence electrons. The normalized spacial score (nSPS) is 19.0. The molecule has 1 fully saturated rings. The van der Waals surface area contributed by atoms with Crippen molar-refractivity contribution in [3.05, 3.63) is 0 Å². The van der Waals surface area contributed by atoms with Crippen molar-refractivity contribution in [3.63, 3.8) is 0 Å². The standard InChI is InChI=1S/C14H24N2O5/c1-5-8-20-11(17)9-10-12(18)15-6-7-16(10)13(19)21-14(2,3)4/h10H,5-9H2,1-4H3,(H,15,18). The van der Waals surface area contributed by atoms with E-state index in [9.17, 15) is 14.4 Å². The first kappa shape index (κ1) is 17.3. The van der Waals surface area contributed by atoms with Gasteiger partial charge in [0.15, 0.2) is 0 Å². The van der Waals surface area contributed by atoms with Crippen LogP contribution in [0.3, 0.4) is 0 Å². The molecule has 21 heavy (non-hydrogen) atoms. The molecular weight excluding hydrogens is 276 g/mol. The van der Waals surface area contributed by atoms with Gasteiger partial charge in [0.2, 0.25) is 5.91 Å². The molecule has 0 spiro atoms. The first-order chi connectivity index (χ1) is 9.74. The molecule has 7 nitrogen and oxygen atoms in total. The number of hydrogen-bond acceptors (Lipinski definition) is 5. The molecule has 7 heteroatoms. The quantitative estimate of drug-likeness (QED) is 0.785. The Morgan fingerprint density at radius 1 is 1.38 bits per heavy atom. The first-order valence-electron chi connectivity index (χ1n) is 7.17. The molecule has 1 saturated heterocycles. The number of piperazine rings is 1. The zero-order chi connectivity index (χ0) is 16.0. The predicted octanol–water partition coefficient (Wildman–Crippen LogP) is 1.07. The number of nitrogens with one attached hydrogen (secondary N) is 1. The number of rotatable bonds is 4. The van der Waals surface area contributed by atoms with Crippen LogP contribution in [0.25, 0.3) is 0 Å². The van der Waals surface area contributed by atoms with Gasteiger partial charge in [0.05, 0.1) is 13.0 Å². The van der Waals surface area contributed by atoms with Gasteiger partial charge in [-0.25, -0.2) is 4.79 Å². The summed E-state index contributed by atoms with van der Waals surface area (Å²) in [6, 6.07) is -0.877. The molecule has 0 saturated carbocycles. The largest absolute Gasteiger partial charge is 0.466 e. The Morgan fingerprint density at radius 2 is 2.05 bits per heavy atom. The molecule has 0 aliphatic carbocycles. The van der Waals surface area contributed by atoms with Gasteiger partial charge in [-0.2, -0.15) is 0 Å². The highest BCUT2D eigenvalue weighted by Crippen LogP contribution is 2.16. The van der Waals surface area contributed by atoms with Crippen molar-refractivity contribution >= 4 is 18.0 Å². The Morgan fingerprint density at radius 3 is 2.62 bits per heavy atom. The third-order valence-electron chi connectivity index (χ3n) is 2.79. The fourth-order valence-electron chi connectivity index (χ4n) is 1.89. The number of ether oxygens (including phenoxy) is 2. The lowest BCUT2D eigenvalue weighted by Crippen LogP contribution is -2.58. The summed E-state index contributed by atoms with van der Waals surface area (Å²) in [7, 11) is 0. The van der Waals surface area contributed by atoms with Crippen LogP contribution in [0.2, 0.25) is 0 Å². The Kier molecular flexibility index (Phi) is 5.99. The molecule has 1 atom stereocenters. The van der Waals surface area contributed by atoms with Gasteiger partial charge in [-0.15, -0.1) is 0 Å². The first-order valence-corrected chi connectivity index (χ1v) is 7.17. The van der Waals surface area contributed by atoms with Crippen LogP contribution in [0.5, 0.6) is 0 Å². The average Bonchev–Trinajstić information content (AvgIpc) is 2.36. The summed E-state index contributed by atoms with van der Waals surface area (Å²) < 4.78 is 10.2. The Hall–Kier alpha value is -1.79. The Bertz CT molecular complexity index is 403. The lowest BCUT2D eigenvalue weighted by molar-refractivity contribution is -0.148. The molecule has 1 aliphatic rings. The van der Waals surface area contributed by atoms with E-state index < -0.39 is 23.7 Å². The zero-order valence-corrected chi connectivity index (χ0v) is 13.1. The molecule has 1 N–H and O–H groups in total. The summed E-state index contributed by atoms with van der Waals surface area (Å²) in [5, 5.41) is 2.65. The maximum absolute atomic E-state index is 12.1. The molecule has 1 unspecified atom stereocenters. The van der Waals surface area contributed by atoms with Crippen molar-refractivity contribution in [2.75, 3.05) is 19.7 Å². The van der Waals surface area contributed by atoms with Gasteiger partial charge in [0.25, 0.3) is 0 Å². The SMILES string of the molecule is CCCOC(=O)CC1C(=O)NCCN1C(=O)OC(C)(C)C. The van der Waals surface area contributed by atoms with Crippen molar-refractivity contribution in [1.82, 2.24) is 10.2 Å². The van der Waals surface area contributed by atoms with Crippen molar-refractivity contribution < 1.29 is 23.9 Å². The number of carbonyl (C=O) groups is 3. The maximum atomic E-state index is 12.1. The van der Waals surface area contributed by atoms with E-state index in [0.29, 0.717) is 26.1 Å². The van der Waals surface area contributed by atoms with Crippen molar-refractivity contribution in [2.24, 2.45) is 0 Å². The van der Waals surface area contributed by atoms with Gasteiger partial charge in [-0.05, 0) is 27.2 Å². The van der Waals surface area contributed by atoms with Crippen LogP contribution >= 0.6 is 0 Å². The molecule has 0 bridgehead atoms. The smallest absolute Gasteiger partial charge is 0.411 e. The van der Waals surface area contributed by atoms with Gasteiger partial charge in [0.1, 0.15) is 11.6 Å². The van der Waals surface area contributed by atoms with Crippen molar-refractivity contribution in [3.8, 4) is 0 Å². The molecule has 1 aliphatic heterocycles. The van der Waals surface area contributed by atoms with Crippen LogP contribution in [-0.2, 0) is 19.1 Å². The van der Waals surface area contributed by atoms with E-state index in [1.807, 2.05) is 6.92 Å². The second-order valence-corrected chi connectivity index (χ2v) is 5.91. The molecular formula is C14H24N2O5. The molecule has 0 aromatic heterocycles. The maximum Gasteiger partial charge on any atom is 0.411 e. The van der Waals surface area contributed by atoms with Gasteiger partial charge in [0, 0.05) is 13.1 Å². The second-order valence-electron chi connectivity index (χ2n) is 5.91. The fourth-order valence-corrected chi connectivity index (χ4v) is 1.89. The summed E-state index contributed by atoms with van der Waals surface area (Å²) in [5.41, 5.74) is -0.654. The van der Waals surface area contributed by atoms with Gasteiger partial charge < -0.3 is 14.8 Å². The van der Waals surface area contributed by atoms with E-state index in [1.54, 1.807) is 20.8 Å². The van der Waals surface area contributed by atoms with E-state index in [2.05, 4.69) is 5.32 Å². The summed E-state index contributed by atoms with van der Waals surface area (Å²) >= 11 is 0. The van der Waals surface area contributed by atoms with Crippen LogP contribution in [-0.4, -0.2) is 54.2 Å². The van der Waals surface area contributed by atoms with Crippen molar-refractivity contribution in [1.29, 1.82) is 0 Å². The lowest BCUT2D eigenvalue weighted by atomic mass is 10.1. The number of esters is 1. The number of hydrogen-bond donors (Lipinski definition) is 1. The van der Waals surface area contributed by atoms with Crippen LogP contribution in [0.4, 0.5) is 4.79 Å². The third kappa shape index (κ3) is 5.61. The highest BCUT2D eigenvalue weighted by Gasteiger charge is 2.37. The second kappa shape index (κ2) is 7.28. The number of carbonyl (C=O) groups excluding carboxylic acids is 3. The fraction of sp³-hybridized carbons (Fsp3) is 0.786. The predicted molar refractivity (Wildman–Crippen MR) is 75.6 cm³/mol. The van der Waals surface area contributed by atoms with E-state index in [1.165, 1.54) is 4.90 Å². The summed E-state index contributed by atoms with van der Waals surface area (Å²) in [4.78, 5) is 37.0. The van der Waals surface area contributed by atoms with Crippen molar-refractivity contribution in [2.45, 2.75) is 52.2 Å². The molecule has 1 rings (SSSR count). The highest BCUT2D eigenvalue weighted by molar-refractivity contribution is 5.90. The van der Waals surface area contributed by atoms with E-state index in [0.717, 1.165) is 0 Å². The van der Waals surface area contributed by atoms with Gasteiger partial charge in [-0.3, -0.25) is 14.5 Å². The van der Waals surface area contributed by atoms with Crippen LogP contribution < -0.4 is 5.32 Å². The molecule has 0 radical (unpaired) electrons. The van der Waals surface area contributed by atoms with Gasteiger partial charge >= 0.3 is 12.1 Å². The van der Waals surface area contributed by atoms with E-state index in [4.69, 9.17) is 9.47 Å².